The highest BCUT2D eigenvalue weighted by Crippen LogP contribution is 2.36. The Hall–Kier alpha value is -0.930. The lowest BCUT2D eigenvalue weighted by molar-refractivity contribution is 0.0601. The second kappa shape index (κ2) is 6.02. The molecule has 0 heterocycles. The molecule has 2 rings (SSSR count). The molecule has 104 valence electrons. The van der Waals surface area contributed by atoms with Crippen LogP contribution in [0.15, 0.2) is 12.1 Å². The predicted octanol–water partition coefficient (Wildman–Crippen LogP) is 4.16. The molecular formula is C14H17Cl2NO2. The molecule has 5 heteroatoms. The van der Waals surface area contributed by atoms with E-state index in [9.17, 15) is 4.79 Å². The van der Waals surface area contributed by atoms with Crippen LogP contribution in [0.2, 0.25) is 10.0 Å². The highest BCUT2D eigenvalue weighted by atomic mass is 35.5. The second-order valence-corrected chi connectivity index (χ2v) is 5.64. The smallest absolute Gasteiger partial charge is 0.339 e. The predicted molar refractivity (Wildman–Crippen MR) is 78.5 cm³/mol. The van der Waals surface area contributed by atoms with Gasteiger partial charge < -0.3 is 9.64 Å². The molecule has 0 radical (unpaired) electrons. The van der Waals surface area contributed by atoms with Gasteiger partial charge in [-0.25, -0.2) is 4.79 Å². The van der Waals surface area contributed by atoms with Crippen molar-refractivity contribution >= 4 is 34.9 Å². The first-order chi connectivity index (χ1) is 9.04. The van der Waals surface area contributed by atoms with Crippen molar-refractivity contribution in [2.45, 2.75) is 31.7 Å². The lowest BCUT2D eigenvalue weighted by atomic mass is 10.1. The third-order valence-corrected chi connectivity index (χ3v) is 4.29. The molecule has 0 aliphatic heterocycles. The molecule has 0 atom stereocenters. The second-order valence-electron chi connectivity index (χ2n) is 4.83. The number of carbonyl (C=O) groups excluding carboxylic acids is 1. The number of hydrogen-bond acceptors (Lipinski definition) is 3. The van der Waals surface area contributed by atoms with E-state index in [0.717, 1.165) is 18.5 Å². The molecule has 1 aliphatic carbocycles. The molecule has 0 spiro atoms. The van der Waals surface area contributed by atoms with Gasteiger partial charge in [-0.15, -0.1) is 0 Å². The summed E-state index contributed by atoms with van der Waals surface area (Å²) in [6.07, 6.45) is 4.76. The summed E-state index contributed by atoms with van der Waals surface area (Å²) in [4.78, 5) is 13.8. The summed E-state index contributed by atoms with van der Waals surface area (Å²) in [5.74, 6) is -0.464. The number of ether oxygens (including phenoxy) is 1. The van der Waals surface area contributed by atoms with Crippen molar-refractivity contribution in [1.82, 2.24) is 0 Å². The van der Waals surface area contributed by atoms with Crippen molar-refractivity contribution in [2.24, 2.45) is 0 Å². The number of esters is 1. The lowest BCUT2D eigenvalue weighted by Crippen LogP contribution is -2.29. The standard InChI is InChI=1S/C14H17Cl2NO2/c1-17(10-5-3-4-6-10)12-8-9(15)7-11(13(12)16)14(18)19-2/h7-8,10H,3-6H2,1-2H3. The van der Waals surface area contributed by atoms with E-state index in [-0.39, 0.29) is 0 Å². The first kappa shape index (κ1) is 14.5. The molecule has 19 heavy (non-hydrogen) atoms. The van der Waals surface area contributed by atoms with E-state index in [0.29, 0.717) is 21.7 Å². The fourth-order valence-corrected chi connectivity index (χ4v) is 3.11. The number of anilines is 1. The van der Waals surface area contributed by atoms with Gasteiger partial charge >= 0.3 is 5.97 Å². The number of methoxy groups -OCH3 is 1. The Kier molecular flexibility index (Phi) is 4.58. The van der Waals surface area contributed by atoms with Crippen LogP contribution in [0.5, 0.6) is 0 Å². The van der Waals surface area contributed by atoms with Gasteiger partial charge in [0.15, 0.2) is 0 Å². The molecule has 0 amide bonds. The SMILES string of the molecule is COC(=O)c1cc(Cl)cc(N(C)C2CCCC2)c1Cl. The zero-order valence-corrected chi connectivity index (χ0v) is 12.6. The summed E-state index contributed by atoms with van der Waals surface area (Å²) >= 11 is 12.4. The third-order valence-electron chi connectivity index (χ3n) is 3.68. The van der Waals surface area contributed by atoms with E-state index in [1.54, 1.807) is 12.1 Å². The minimum absolute atomic E-state index is 0.316. The summed E-state index contributed by atoms with van der Waals surface area (Å²) in [7, 11) is 3.33. The minimum Gasteiger partial charge on any atom is -0.465 e. The van der Waals surface area contributed by atoms with Crippen molar-refractivity contribution in [2.75, 3.05) is 19.1 Å². The van der Waals surface area contributed by atoms with Crippen molar-refractivity contribution < 1.29 is 9.53 Å². The Morgan fingerprint density at radius 1 is 1.32 bits per heavy atom. The van der Waals surface area contributed by atoms with Gasteiger partial charge in [-0.05, 0) is 25.0 Å². The largest absolute Gasteiger partial charge is 0.465 e. The summed E-state index contributed by atoms with van der Waals surface area (Å²) in [5.41, 5.74) is 1.11. The van der Waals surface area contributed by atoms with Crippen LogP contribution in [-0.4, -0.2) is 26.2 Å². The van der Waals surface area contributed by atoms with Gasteiger partial charge in [0.25, 0.3) is 0 Å². The topological polar surface area (TPSA) is 29.5 Å². The van der Waals surface area contributed by atoms with Gasteiger partial charge in [0.05, 0.1) is 23.4 Å². The van der Waals surface area contributed by atoms with Crippen LogP contribution in [0.4, 0.5) is 5.69 Å². The Balaban J connectivity index is 2.39. The quantitative estimate of drug-likeness (QED) is 0.785. The van der Waals surface area contributed by atoms with Crippen LogP contribution in [-0.2, 0) is 4.74 Å². The van der Waals surface area contributed by atoms with Gasteiger partial charge in [0, 0.05) is 18.1 Å². The van der Waals surface area contributed by atoms with E-state index in [1.807, 2.05) is 7.05 Å². The lowest BCUT2D eigenvalue weighted by Gasteiger charge is -2.28. The summed E-state index contributed by atoms with van der Waals surface area (Å²) in [6.45, 7) is 0. The van der Waals surface area contributed by atoms with Gasteiger partial charge in [-0.2, -0.15) is 0 Å². The Morgan fingerprint density at radius 3 is 2.53 bits per heavy atom. The zero-order chi connectivity index (χ0) is 14.0. The van der Waals surface area contributed by atoms with Crippen molar-refractivity contribution in [3.8, 4) is 0 Å². The number of benzene rings is 1. The minimum atomic E-state index is -0.464. The van der Waals surface area contributed by atoms with Crippen LogP contribution in [0.25, 0.3) is 0 Å². The maximum atomic E-state index is 11.7. The number of halogens is 2. The third kappa shape index (κ3) is 2.98. The maximum absolute atomic E-state index is 11.7. The van der Waals surface area contributed by atoms with Crippen LogP contribution in [0, 0.1) is 0 Å². The van der Waals surface area contributed by atoms with E-state index in [1.165, 1.54) is 20.0 Å². The molecule has 1 saturated carbocycles. The Bertz CT molecular complexity index is 485. The monoisotopic (exact) mass is 301 g/mol. The van der Waals surface area contributed by atoms with Crippen molar-refractivity contribution in [3.63, 3.8) is 0 Å². The maximum Gasteiger partial charge on any atom is 0.339 e. The Labute approximate surface area is 123 Å². The molecule has 1 aromatic carbocycles. The molecule has 0 saturated heterocycles. The number of nitrogens with zero attached hydrogens (tertiary/aromatic N) is 1. The number of rotatable bonds is 3. The number of hydrogen-bond donors (Lipinski definition) is 0. The molecule has 1 fully saturated rings. The molecule has 0 aromatic heterocycles. The average molecular weight is 302 g/mol. The Morgan fingerprint density at radius 2 is 1.95 bits per heavy atom. The average Bonchev–Trinajstić information content (AvgIpc) is 2.93. The molecule has 1 aliphatic rings. The van der Waals surface area contributed by atoms with Crippen LogP contribution >= 0.6 is 23.2 Å². The summed E-state index contributed by atoms with van der Waals surface area (Å²) < 4.78 is 4.73. The highest BCUT2D eigenvalue weighted by Gasteiger charge is 2.24. The van der Waals surface area contributed by atoms with Gasteiger partial charge in [-0.1, -0.05) is 36.0 Å². The highest BCUT2D eigenvalue weighted by molar-refractivity contribution is 6.38. The fraction of sp³-hybridized carbons (Fsp3) is 0.500. The molecule has 0 bridgehead atoms. The molecule has 1 aromatic rings. The van der Waals surface area contributed by atoms with E-state index in [4.69, 9.17) is 27.9 Å². The normalized spacial score (nSPS) is 15.6. The van der Waals surface area contributed by atoms with Crippen molar-refractivity contribution in [3.05, 3.63) is 27.7 Å². The number of carbonyl (C=O) groups is 1. The van der Waals surface area contributed by atoms with Crippen LogP contribution in [0.1, 0.15) is 36.0 Å². The fourth-order valence-electron chi connectivity index (χ4n) is 2.58. The molecule has 0 unspecified atom stereocenters. The van der Waals surface area contributed by atoms with Gasteiger partial charge in [0.2, 0.25) is 0 Å². The molecular weight excluding hydrogens is 285 g/mol. The van der Waals surface area contributed by atoms with E-state index >= 15 is 0 Å². The zero-order valence-electron chi connectivity index (χ0n) is 11.1. The van der Waals surface area contributed by atoms with E-state index in [2.05, 4.69) is 4.90 Å². The van der Waals surface area contributed by atoms with Crippen molar-refractivity contribution in [1.29, 1.82) is 0 Å². The van der Waals surface area contributed by atoms with Crippen LogP contribution in [0.3, 0.4) is 0 Å². The first-order valence-corrected chi connectivity index (χ1v) is 7.10. The molecule has 3 nitrogen and oxygen atoms in total. The molecule has 0 N–H and O–H groups in total. The van der Waals surface area contributed by atoms with Gasteiger partial charge in [0.1, 0.15) is 0 Å². The van der Waals surface area contributed by atoms with Gasteiger partial charge in [-0.3, -0.25) is 0 Å². The first-order valence-electron chi connectivity index (χ1n) is 6.34. The summed E-state index contributed by atoms with van der Waals surface area (Å²) in [5, 5.41) is 0.898. The van der Waals surface area contributed by atoms with E-state index < -0.39 is 5.97 Å². The van der Waals surface area contributed by atoms with Crippen LogP contribution < -0.4 is 4.90 Å². The summed E-state index contributed by atoms with van der Waals surface area (Å²) in [6, 6.07) is 3.80.